The summed E-state index contributed by atoms with van der Waals surface area (Å²) in [5.74, 6) is -2.58. The molecule has 11 heteroatoms. The molecule has 1 unspecified atom stereocenters. The van der Waals surface area contributed by atoms with Gasteiger partial charge in [-0.1, -0.05) is 0 Å². The summed E-state index contributed by atoms with van der Waals surface area (Å²) in [6.07, 6.45) is -3.10. The minimum Gasteiger partial charge on any atom is -0.478 e. The SMILES string of the molecule is O=C(NC1CCCNC1=O)c1ccc(-n2ncc(C(=O)O)c2C(F)(F)F)cc1. The highest BCUT2D eigenvalue weighted by Crippen LogP contribution is 2.33. The number of halogens is 3. The lowest BCUT2D eigenvalue weighted by Crippen LogP contribution is -2.50. The Hall–Kier alpha value is -3.37. The fourth-order valence-electron chi connectivity index (χ4n) is 2.88. The highest BCUT2D eigenvalue weighted by molar-refractivity contribution is 5.97. The summed E-state index contributed by atoms with van der Waals surface area (Å²) in [5.41, 5.74) is -2.32. The van der Waals surface area contributed by atoms with Gasteiger partial charge in [-0.05, 0) is 37.1 Å². The molecule has 2 amide bonds. The molecule has 148 valence electrons. The van der Waals surface area contributed by atoms with Crippen molar-refractivity contribution >= 4 is 17.8 Å². The highest BCUT2D eigenvalue weighted by Gasteiger charge is 2.40. The summed E-state index contributed by atoms with van der Waals surface area (Å²) < 4.78 is 40.3. The lowest BCUT2D eigenvalue weighted by atomic mass is 10.1. The van der Waals surface area contributed by atoms with Crippen molar-refractivity contribution in [2.24, 2.45) is 0 Å². The summed E-state index contributed by atoms with van der Waals surface area (Å²) in [7, 11) is 0. The molecule has 1 aliphatic rings. The first-order valence-electron chi connectivity index (χ1n) is 8.26. The number of carboxylic acid groups (broad SMARTS) is 1. The maximum atomic E-state index is 13.3. The maximum absolute atomic E-state index is 13.3. The number of carbonyl (C=O) groups excluding carboxylic acids is 2. The Bertz CT molecular complexity index is 921. The normalized spacial score (nSPS) is 17.1. The minimum atomic E-state index is -4.94. The van der Waals surface area contributed by atoms with Crippen LogP contribution in [-0.4, -0.2) is 45.3 Å². The second-order valence-corrected chi connectivity index (χ2v) is 6.13. The first kappa shape index (κ1) is 19.4. The molecule has 28 heavy (non-hydrogen) atoms. The number of hydrogen-bond acceptors (Lipinski definition) is 4. The Balaban J connectivity index is 1.84. The summed E-state index contributed by atoms with van der Waals surface area (Å²) in [5, 5.41) is 17.7. The van der Waals surface area contributed by atoms with Gasteiger partial charge in [-0.3, -0.25) is 9.59 Å². The number of carbonyl (C=O) groups is 3. The standard InChI is InChI=1S/C17H15F3N4O4/c18-17(19,20)13-11(16(27)28)8-22-24(13)10-5-3-9(4-6-10)14(25)23-12-2-1-7-21-15(12)26/h3-6,8,12H,1-2,7H2,(H,21,26)(H,23,25)(H,27,28). The van der Waals surface area contributed by atoms with Crippen LogP contribution in [0.3, 0.4) is 0 Å². The van der Waals surface area contributed by atoms with Gasteiger partial charge in [-0.25, -0.2) is 9.48 Å². The van der Waals surface area contributed by atoms with Crippen molar-refractivity contribution in [2.45, 2.75) is 25.1 Å². The van der Waals surface area contributed by atoms with Crippen molar-refractivity contribution < 1.29 is 32.7 Å². The first-order chi connectivity index (χ1) is 13.2. The molecule has 1 aliphatic heterocycles. The third-order valence-corrected chi connectivity index (χ3v) is 4.23. The number of rotatable bonds is 4. The van der Waals surface area contributed by atoms with E-state index in [2.05, 4.69) is 15.7 Å². The number of amides is 2. The first-order valence-corrected chi connectivity index (χ1v) is 8.26. The number of carboxylic acids is 1. The van der Waals surface area contributed by atoms with Crippen LogP contribution in [0, 0.1) is 0 Å². The number of alkyl halides is 3. The zero-order chi connectivity index (χ0) is 20.5. The third-order valence-electron chi connectivity index (χ3n) is 4.23. The molecule has 1 fully saturated rings. The molecule has 3 rings (SSSR count). The summed E-state index contributed by atoms with van der Waals surface area (Å²) in [4.78, 5) is 35.0. The molecule has 0 aliphatic carbocycles. The maximum Gasteiger partial charge on any atom is 0.434 e. The van der Waals surface area contributed by atoms with Crippen molar-refractivity contribution in [3.8, 4) is 5.69 Å². The van der Waals surface area contributed by atoms with E-state index in [9.17, 15) is 27.6 Å². The third kappa shape index (κ3) is 3.82. The number of aromatic carboxylic acids is 1. The van der Waals surface area contributed by atoms with Crippen LogP contribution >= 0.6 is 0 Å². The van der Waals surface area contributed by atoms with Crippen molar-refractivity contribution in [3.63, 3.8) is 0 Å². The molecule has 0 saturated carbocycles. The Labute approximate surface area is 156 Å². The van der Waals surface area contributed by atoms with Crippen LogP contribution in [0.4, 0.5) is 13.2 Å². The molecular weight excluding hydrogens is 381 g/mol. The smallest absolute Gasteiger partial charge is 0.434 e. The number of nitrogens with one attached hydrogen (secondary N) is 2. The number of hydrogen-bond donors (Lipinski definition) is 3. The van der Waals surface area contributed by atoms with Gasteiger partial charge in [-0.15, -0.1) is 0 Å². The molecule has 1 aromatic carbocycles. The minimum absolute atomic E-state index is 0.0632. The van der Waals surface area contributed by atoms with Gasteiger partial charge in [0.15, 0.2) is 5.69 Å². The zero-order valence-corrected chi connectivity index (χ0v) is 14.3. The second-order valence-electron chi connectivity index (χ2n) is 6.13. The van der Waals surface area contributed by atoms with Gasteiger partial charge in [0.05, 0.1) is 11.9 Å². The van der Waals surface area contributed by atoms with Gasteiger partial charge in [0, 0.05) is 12.1 Å². The van der Waals surface area contributed by atoms with Crippen LogP contribution in [0.5, 0.6) is 0 Å². The second kappa shape index (κ2) is 7.33. The van der Waals surface area contributed by atoms with E-state index in [0.717, 1.165) is 6.42 Å². The Kier molecular flexibility index (Phi) is 5.08. The van der Waals surface area contributed by atoms with Crippen molar-refractivity contribution in [1.82, 2.24) is 20.4 Å². The molecule has 8 nitrogen and oxygen atoms in total. The number of benzene rings is 1. The van der Waals surface area contributed by atoms with E-state index in [0.29, 0.717) is 23.8 Å². The monoisotopic (exact) mass is 396 g/mol. The van der Waals surface area contributed by atoms with E-state index in [1.165, 1.54) is 24.3 Å². The summed E-state index contributed by atoms with van der Waals surface area (Å²) in [6, 6.07) is 4.30. The molecule has 1 atom stereocenters. The van der Waals surface area contributed by atoms with Crippen LogP contribution in [0.2, 0.25) is 0 Å². The van der Waals surface area contributed by atoms with Gasteiger partial charge in [0.1, 0.15) is 11.6 Å². The quantitative estimate of drug-likeness (QED) is 0.727. The molecule has 0 radical (unpaired) electrons. The molecule has 2 heterocycles. The molecule has 0 spiro atoms. The van der Waals surface area contributed by atoms with Crippen LogP contribution < -0.4 is 10.6 Å². The molecule has 2 aromatic rings. The highest BCUT2D eigenvalue weighted by atomic mass is 19.4. The lowest BCUT2D eigenvalue weighted by Gasteiger charge is -2.22. The van der Waals surface area contributed by atoms with Gasteiger partial charge < -0.3 is 15.7 Å². The van der Waals surface area contributed by atoms with E-state index in [4.69, 9.17) is 5.11 Å². The Morgan fingerprint density at radius 1 is 1.25 bits per heavy atom. The average Bonchev–Trinajstić information content (AvgIpc) is 3.09. The zero-order valence-electron chi connectivity index (χ0n) is 14.3. The van der Waals surface area contributed by atoms with Gasteiger partial charge >= 0.3 is 12.1 Å². The molecule has 3 N–H and O–H groups in total. The fraction of sp³-hybridized carbons (Fsp3) is 0.294. The number of nitrogens with zero attached hydrogens (tertiary/aromatic N) is 2. The Morgan fingerprint density at radius 3 is 2.50 bits per heavy atom. The van der Waals surface area contributed by atoms with Crippen molar-refractivity contribution in [1.29, 1.82) is 0 Å². The molecule has 0 bridgehead atoms. The van der Waals surface area contributed by atoms with E-state index in [1.807, 2.05) is 0 Å². The topological polar surface area (TPSA) is 113 Å². The molecular formula is C17H15F3N4O4. The predicted molar refractivity (Wildman–Crippen MR) is 89.0 cm³/mol. The van der Waals surface area contributed by atoms with Crippen LogP contribution in [0.15, 0.2) is 30.5 Å². The number of piperidine rings is 1. The predicted octanol–water partition coefficient (Wildman–Crippen LogP) is 1.60. The van der Waals surface area contributed by atoms with Crippen molar-refractivity contribution in [3.05, 3.63) is 47.3 Å². The van der Waals surface area contributed by atoms with E-state index in [-0.39, 0.29) is 17.2 Å². The van der Waals surface area contributed by atoms with Gasteiger partial charge in [-0.2, -0.15) is 18.3 Å². The van der Waals surface area contributed by atoms with E-state index < -0.39 is 35.4 Å². The average molecular weight is 396 g/mol. The van der Waals surface area contributed by atoms with E-state index >= 15 is 0 Å². The molecule has 1 saturated heterocycles. The van der Waals surface area contributed by atoms with Crippen LogP contribution in [0.1, 0.15) is 39.3 Å². The van der Waals surface area contributed by atoms with E-state index in [1.54, 1.807) is 0 Å². The van der Waals surface area contributed by atoms with Gasteiger partial charge in [0.25, 0.3) is 5.91 Å². The largest absolute Gasteiger partial charge is 0.478 e. The molecule has 1 aromatic heterocycles. The Morgan fingerprint density at radius 2 is 1.93 bits per heavy atom. The lowest BCUT2D eigenvalue weighted by molar-refractivity contribution is -0.143. The fourth-order valence-corrected chi connectivity index (χ4v) is 2.88. The summed E-state index contributed by atoms with van der Waals surface area (Å²) in [6.45, 7) is 0.545. The van der Waals surface area contributed by atoms with Crippen LogP contribution in [-0.2, 0) is 11.0 Å². The van der Waals surface area contributed by atoms with Gasteiger partial charge in [0.2, 0.25) is 5.91 Å². The van der Waals surface area contributed by atoms with Crippen LogP contribution in [0.25, 0.3) is 5.69 Å². The summed E-state index contributed by atoms with van der Waals surface area (Å²) >= 11 is 0. The number of aromatic nitrogens is 2. The van der Waals surface area contributed by atoms with Crippen molar-refractivity contribution in [2.75, 3.05) is 6.54 Å².